The van der Waals surface area contributed by atoms with Crippen LogP contribution in [0.4, 0.5) is 10.2 Å². The number of nitrogen functional groups attached to an aromatic ring is 1. The van der Waals surface area contributed by atoms with Gasteiger partial charge in [0.15, 0.2) is 0 Å². The number of carbonyl (C=O) groups is 2. The summed E-state index contributed by atoms with van der Waals surface area (Å²) in [5.41, 5.74) is 3.14. The molecule has 0 saturated carbocycles. The largest absolute Gasteiger partial charge is 0.478 e. The molecule has 0 radical (unpaired) electrons. The van der Waals surface area contributed by atoms with Crippen LogP contribution in [0.3, 0.4) is 0 Å². The van der Waals surface area contributed by atoms with Gasteiger partial charge in [0.1, 0.15) is 22.8 Å². The van der Waals surface area contributed by atoms with Crippen molar-refractivity contribution >= 4 is 17.8 Å². The summed E-state index contributed by atoms with van der Waals surface area (Å²) in [5, 5.41) is 19.0. The van der Waals surface area contributed by atoms with E-state index in [2.05, 4.69) is 6.92 Å². The van der Waals surface area contributed by atoms with Crippen LogP contribution in [0, 0.1) is 5.82 Å². The number of aromatic carboxylic acids is 2. The van der Waals surface area contributed by atoms with Crippen molar-refractivity contribution < 1.29 is 28.9 Å². The summed E-state index contributed by atoms with van der Waals surface area (Å²) >= 11 is 0. The average Bonchev–Trinajstić information content (AvgIpc) is 2.63. The van der Waals surface area contributed by atoms with Gasteiger partial charge < -0.3 is 25.7 Å². The van der Waals surface area contributed by atoms with E-state index in [0.29, 0.717) is 6.61 Å². The third-order valence-electron chi connectivity index (χ3n) is 4.41. The number of unbranched alkanes of at least 4 members (excludes halogenated alkanes) is 3. The number of nitrogens with two attached hydrogens (primary N) is 1. The quantitative estimate of drug-likeness (QED) is 0.444. The first-order chi connectivity index (χ1) is 13.8. The highest BCUT2D eigenvalue weighted by Crippen LogP contribution is 2.32. The van der Waals surface area contributed by atoms with E-state index in [1.165, 1.54) is 6.07 Å². The first-order valence-electron chi connectivity index (χ1n) is 9.16. The molecule has 0 bridgehead atoms. The number of hydrogen-bond donors (Lipinski definition) is 4. The zero-order valence-electron chi connectivity index (χ0n) is 16.0. The van der Waals surface area contributed by atoms with E-state index in [-0.39, 0.29) is 23.3 Å². The Bertz CT molecular complexity index is 970. The number of nitrogens with one attached hydrogen (secondary N) is 1. The molecule has 0 spiro atoms. The normalized spacial score (nSPS) is 10.8. The smallest absolute Gasteiger partial charge is 0.342 e. The minimum absolute atomic E-state index is 0.0626. The summed E-state index contributed by atoms with van der Waals surface area (Å²) in [5.74, 6) is -4.24. The monoisotopic (exact) mass is 406 g/mol. The zero-order valence-corrected chi connectivity index (χ0v) is 16.0. The summed E-state index contributed by atoms with van der Waals surface area (Å²) in [6.07, 6.45) is 3.90. The summed E-state index contributed by atoms with van der Waals surface area (Å²) in [7, 11) is 0. The Balaban J connectivity index is 2.55. The number of carboxylic acids is 2. The maximum Gasteiger partial charge on any atom is 0.342 e. The van der Waals surface area contributed by atoms with Crippen LogP contribution >= 0.6 is 0 Å². The molecule has 0 aliphatic rings. The molecule has 1 aromatic heterocycles. The minimum atomic E-state index is -1.63. The van der Waals surface area contributed by atoms with E-state index in [9.17, 15) is 29.0 Å². The van der Waals surface area contributed by atoms with Gasteiger partial charge >= 0.3 is 11.9 Å². The Morgan fingerprint density at radius 3 is 2.45 bits per heavy atom. The number of ether oxygens (including phenoxy) is 1. The molecule has 156 valence electrons. The lowest BCUT2D eigenvalue weighted by Gasteiger charge is -2.16. The standard InChI is InChI=1S/C20H23FN2O6/c1-2-3-4-5-8-29-10-11-9-12(21)6-7-13(11)14-15(19(25)26)17(22)23-18(24)16(14)20(27)28/h6-7,9H,2-5,8,10H2,1H3,(H,25,26)(H,27,28)(H3,22,23,24). The number of benzene rings is 1. The second-order valence-electron chi connectivity index (χ2n) is 6.52. The van der Waals surface area contributed by atoms with Crippen LogP contribution in [-0.4, -0.2) is 33.7 Å². The van der Waals surface area contributed by atoms with Gasteiger partial charge in [-0.25, -0.2) is 14.0 Å². The molecule has 9 heteroatoms. The number of pyridine rings is 1. The molecule has 1 aromatic carbocycles. The van der Waals surface area contributed by atoms with Gasteiger partial charge in [-0.1, -0.05) is 32.3 Å². The Hall–Kier alpha value is -3.20. The van der Waals surface area contributed by atoms with Crippen LogP contribution in [0.25, 0.3) is 11.1 Å². The zero-order chi connectivity index (χ0) is 21.6. The highest BCUT2D eigenvalue weighted by Gasteiger charge is 2.28. The van der Waals surface area contributed by atoms with Crippen LogP contribution in [0.1, 0.15) is 58.9 Å². The molecule has 0 fully saturated rings. The fourth-order valence-electron chi connectivity index (χ4n) is 3.05. The Morgan fingerprint density at radius 1 is 1.14 bits per heavy atom. The number of hydrogen-bond acceptors (Lipinski definition) is 5. The van der Waals surface area contributed by atoms with Crippen LogP contribution in [0.5, 0.6) is 0 Å². The number of aromatic amines is 1. The van der Waals surface area contributed by atoms with E-state index in [1.54, 1.807) is 0 Å². The second kappa shape index (κ2) is 9.83. The maximum atomic E-state index is 13.8. The van der Waals surface area contributed by atoms with Crippen molar-refractivity contribution in [2.75, 3.05) is 12.3 Å². The van der Waals surface area contributed by atoms with Gasteiger partial charge in [-0.15, -0.1) is 0 Å². The topological polar surface area (TPSA) is 143 Å². The van der Waals surface area contributed by atoms with Crippen molar-refractivity contribution in [2.24, 2.45) is 0 Å². The predicted octanol–water partition coefficient (Wildman–Crippen LogP) is 3.26. The number of aromatic nitrogens is 1. The van der Waals surface area contributed by atoms with Gasteiger partial charge in [0.2, 0.25) is 0 Å². The number of carboxylic acid groups (broad SMARTS) is 2. The van der Waals surface area contributed by atoms with E-state index >= 15 is 0 Å². The van der Waals surface area contributed by atoms with Crippen molar-refractivity contribution in [3.63, 3.8) is 0 Å². The molecule has 29 heavy (non-hydrogen) atoms. The van der Waals surface area contributed by atoms with E-state index in [1.807, 2.05) is 4.98 Å². The van der Waals surface area contributed by atoms with E-state index in [0.717, 1.165) is 37.8 Å². The van der Waals surface area contributed by atoms with Crippen molar-refractivity contribution in [3.8, 4) is 11.1 Å². The van der Waals surface area contributed by atoms with Gasteiger partial charge in [-0.3, -0.25) is 4.79 Å². The van der Waals surface area contributed by atoms with Crippen molar-refractivity contribution in [1.29, 1.82) is 0 Å². The molecule has 0 amide bonds. The highest BCUT2D eigenvalue weighted by atomic mass is 19.1. The van der Waals surface area contributed by atoms with Crippen molar-refractivity contribution in [1.82, 2.24) is 4.98 Å². The molecule has 1 heterocycles. The van der Waals surface area contributed by atoms with E-state index < -0.39 is 40.3 Å². The lowest BCUT2D eigenvalue weighted by Crippen LogP contribution is -2.24. The van der Waals surface area contributed by atoms with Gasteiger partial charge in [-0.2, -0.15) is 0 Å². The van der Waals surface area contributed by atoms with Crippen molar-refractivity contribution in [3.05, 3.63) is 51.1 Å². The molecule has 0 unspecified atom stereocenters. The molecular formula is C20H23FN2O6. The third-order valence-corrected chi connectivity index (χ3v) is 4.41. The Labute approximate surface area is 166 Å². The number of H-pyrrole nitrogens is 1. The minimum Gasteiger partial charge on any atom is -0.478 e. The fourth-order valence-corrected chi connectivity index (χ4v) is 3.05. The Kier molecular flexibility index (Phi) is 7.49. The van der Waals surface area contributed by atoms with Crippen molar-refractivity contribution in [2.45, 2.75) is 39.2 Å². The lowest BCUT2D eigenvalue weighted by molar-refractivity contribution is 0.0695. The maximum absolute atomic E-state index is 13.8. The molecule has 2 aromatic rings. The molecule has 0 aliphatic heterocycles. The molecular weight excluding hydrogens is 383 g/mol. The average molecular weight is 406 g/mol. The van der Waals surface area contributed by atoms with Gasteiger partial charge in [0.05, 0.1) is 6.61 Å². The number of halogens is 1. The summed E-state index contributed by atoms with van der Waals surface area (Å²) in [6, 6.07) is 3.39. The lowest BCUT2D eigenvalue weighted by atomic mass is 9.92. The van der Waals surface area contributed by atoms with Gasteiger partial charge in [0, 0.05) is 12.2 Å². The molecule has 0 aliphatic carbocycles. The van der Waals surface area contributed by atoms with Gasteiger partial charge in [0.25, 0.3) is 5.56 Å². The molecule has 0 atom stereocenters. The summed E-state index contributed by atoms with van der Waals surface area (Å²) in [4.78, 5) is 37.6. The van der Waals surface area contributed by atoms with E-state index in [4.69, 9.17) is 10.5 Å². The molecule has 2 rings (SSSR count). The number of rotatable bonds is 10. The SMILES string of the molecule is CCCCCCOCc1cc(F)ccc1-c1c(C(=O)O)c(N)[nH]c(=O)c1C(=O)O. The van der Waals surface area contributed by atoms with Crippen LogP contribution in [0.15, 0.2) is 23.0 Å². The second-order valence-corrected chi connectivity index (χ2v) is 6.52. The fraction of sp³-hybridized carbons (Fsp3) is 0.350. The first kappa shape index (κ1) is 22.1. The predicted molar refractivity (Wildman–Crippen MR) is 105 cm³/mol. The van der Waals surface area contributed by atoms with Crippen LogP contribution < -0.4 is 11.3 Å². The molecule has 0 saturated heterocycles. The number of anilines is 1. The first-order valence-corrected chi connectivity index (χ1v) is 9.16. The highest BCUT2D eigenvalue weighted by molar-refractivity contribution is 6.07. The van der Waals surface area contributed by atoms with Crippen LogP contribution in [-0.2, 0) is 11.3 Å². The summed E-state index contributed by atoms with van der Waals surface area (Å²) in [6.45, 7) is 2.41. The third kappa shape index (κ3) is 5.20. The van der Waals surface area contributed by atoms with Gasteiger partial charge in [-0.05, 0) is 29.7 Å². The van der Waals surface area contributed by atoms with Crippen LogP contribution in [0.2, 0.25) is 0 Å². The molecule has 8 nitrogen and oxygen atoms in total. The summed E-state index contributed by atoms with van der Waals surface area (Å²) < 4.78 is 19.4. The molecule has 5 N–H and O–H groups in total. The Morgan fingerprint density at radius 2 is 1.83 bits per heavy atom.